The Balaban J connectivity index is 1.65. The molecular formula is C33H37NO5. The zero-order valence-corrected chi connectivity index (χ0v) is 23.5. The number of hydrogen-bond acceptors (Lipinski definition) is 5. The number of carbonyl (C=O) groups is 3. The average Bonchev–Trinajstić information content (AvgIpc) is 2.85. The maximum Gasteiger partial charge on any atom is 0.339 e. The van der Waals surface area contributed by atoms with Gasteiger partial charge in [0.1, 0.15) is 17.9 Å². The number of rotatable bonds is 6. The van der Waals surface area contributed by atoms with Crippen molar-refractivity contribution in [1.29, 1.82) is 0 Å². The van der Waals surface area contributed by atoms with E-state index >= 15 is 0 Å². The molecule has 0 amide bonds. The van der Waals surface area contributed by atoms with Gasteiger partial charge in [0, 0.05) is 47.8 Å². The van der Waals surface area contributed by atoms with Gasteiger partial charge in [-0.1, -0.05) is 64.1 Å². The summed E-state index contributed by atoms with van der Waals surface area (Å²) < 4.78 is 5.92. The number of Topliss-reactive ketones (excluding diaryl/α,β-unsaturated/α-hetero) is 2. The summed E-state index contributed by atoms with van der Waals surface area (Å²) in [4.78, 5) is 42.2. The Bertz CT molecular complexity index is 1360. The molecule has 0 unspecified atom stereocenters. The summed E-state index contributed by atoms with van der Waals surface area (Å²) in [6.07, 6.45) is 2.25. The molecule has 5 rings (SSSR count). The van der Waals surface area contributed by atoms with Gasteiger partial charge in [0.15, 0.2) is 11.6 Å². The van der Waals surface area contributed by atoms with Crippen molar-refractivity contribution < 1.29 is 24.2 Å². The van der Waals surface area contributed by atoms with Crippen molar-refractivity contribution in [3.63, 3.8) is 0 Å². The van der Waals surface area contributed by atoms with Crippen LogP contribution in [0.1, 0.15) is 87.7 Å². The van der Waals surface area contributed by atoms with Crippen molar-refractivity contribution in [2.24, 2.45) is 10.8 Å². The van der Waals surface area contributed by atoms with Crippen LogP contribution in [0.5, 0.6) is 5.75 Å². The van der Waals surface area contributed by atoms with Crippen LogP contribution in [0.2, 0.25) is 0 Å². The molecule has 1 heterocycles. The van der Waals surface area contributed by atoms with Crippen molar-refractivity contribution in [1.82, 2.24) is 4.90 Å². The fourth-order valence-electron chi connectivity index (χ4n) is 6.52. The Morgan fingerprint density at radius 2 is 1.46 bits per heavy atom. The molecule has 204 valence electrons. The van der Waals surface area contributed by atoms with E-state index in [0.29, 0.717) is 36.1 Å². The van der Waals surface area contributed by atoms with E-state index in [1.165, 1.54) is 0 Å². The molecule has 0 saturated carbocycles. The molecule has 0 spiro atoms. The van der Waals surface area contributed by atoms with E-state index in [1.54, 1.807) is 12.1 Å². The molecule has 1 N–H and O–H groups in total. The second kappa shape index (κ2) is 9.82. The number of ether oxygens (including phenoxy) is 1. The highest BCUT2D eigenvalue weighted by Crippen LogP contribution is 2.54. The number of carbonyl (C=O) groups excluding carboxylic acids is 2. The van der Waals surface area contributed by atoms with Crippen LogP contribution in [0.4, 0.5) is 0 Å². The zero-order chi connectivity index (χ0) is 28.1. The van der Waals surface area contributed by atoms with E-state index in [0.717, 1.165) is 29.8 Å². The molecule has 0 fully saturated rings. The standard InChI is InChI=1S/C33H37NO5/c1-6-34-23-15-32(2,3)17-25(35)29(23)28(30-24(34)16-33(4,5)18-26(30)36)21-12-13-27(22(14-21)31(37)38)39-19-20-10-8-7-9-11-20/h7-14,28H,6,15-19H2,1-5H3,(H,37,38). The van der Waals surface area contributed by atoms with Crippen molar-refractivity contribution in [2.45, 2.75) is 72.8 Å². The summed E-state index contributed by atoms with van der Waals surface area (Å²) >= 11 is 0. The predicted octanol–water partition coefficient (Wildman–Crippen LogP) is 6.67. The third-order valence-corrected chi connectivity index (χ3v) is 8.14. The van der Waals surface area contributed by atoms with Crippen LogP contribution in [-0.4, -0.2) is 34.1 Å². The van der Waals surface area contributed by atoms with E-state index in [-0.39, 0.29) is 40.3 Å². The molecule has 3 aliphatic rings. The minimum absolute atomic E-state index is 0.0258. The average molecular weight is 528 g/mol. The molecule has 0 saturated heterocycles. The summed E-state index contributed by atoms with van der Waals surface area (Å²) in [5.41, 5.74) is 4.48. The second-order valence-corrected chi connectivity index (χ2v) is 12.6. The van der Waals surface area contributed by atoms with Crippen LogP contribution in [0, 0.1) is 10.8 Å². The molecule has 2 aliphatic carbocycles. The van der Waals surface area contributed by atoms with Gasteiger partial charge in [-0.15, -0.1) is 0 Å². The zero-order valence-electron chi connectivity index (χ0n) is 23.5. The molecular weight excluding hydrogens is 490 g/mol. The third-order valence-electron chi connectivity index (χ3n) is 8.14. The molecule has 6 nitrogen and oxygen atoms in total. The summed E-state index contributed by atoms with van der Waals surface area (Å²) in [5.74, 6) is -1.35. The number of aromatic carboxylic acids is 1. The first kappa shape index (κ1) is 26.9. The number of nitrogens with zero attached hydrogens (tertiary/aromatic N) is 1. The van der Waals surface area contributed by atoms with Crippen molar-refractivity contribution in [3.8, 4) is 5.75 Å². The van der Waals surface area contributed by atoms with Gasteiger partial charge < -0.3 is 14.7 Å². The smallest absolute Gasteiger partial charge is 0.339 e. The summed E-state index contributed by atoms with van der Waals surface area (Å²) in [7, 11) is 0. The van der Waals surface area contributed by atoms with Crippen LogP contribution in [0.3, 0.4) is 0 Å². The Morgan fingerprint density at radius 3 is 1.97 bits per heavy atom. The van der Waals surface area contributed by atoms with Gasteiger partial charge in [-0.05, 0) is 53.9 Å². The summed E-state index contributed by atoms with van der Waals surface area (Å²) in [6, 6.07) is 14.7. The number of hydrogen-bond donors (Lipinski definition) is 1. The van der Waals surface area contributed by atoms with Crippen LogP contribution in [-0.2, 0) is 16.2 Å². The lowest BCUT2D eigenvalue weighted by atomic mass is 9.63. The number of ketones is 2. The topological polar surface area (TPSA) is 83.9 Å². The first-order valence-corrected chi connectivity index (χ1v) is 13.7. The minimum Gasteiger partial charge on any atom is -0.488 e. The SMILES string of the molecule is CCN1C2=C(C(=O)CC(C)(C)C2)C(c2ccc(OCc3ccccc3)c(C(=O)O)c2)C2=C1CC(C)(C)CC2=O. The molecule has 0 aromatic heterocycles. The van der Waals surface area contributed by atoms with Crippen LogP contribution < -0.4 is 4.74 Å². The normalized spacial score (nSPS) is 20.6. The van der Waals surface area contributed by atoms with E-state index < -0.39 is 11.9 Å². The first-order valence-electron chi connectivity index (χ1n) is 13.7. The number of carboxylic acids is 1. The van der Waals surface area contributed by atoms with E-state index in [2.05, 4.69) is 39.5 Å². The van der Waals surface area contributed by atoms with Crippen LogP contribution >= 0.6 is 0 Å². The number of benzene rings is 2. The molecule has 0 atom stereocenters. The Hall–Kier alpha value is -3.67. The number of allylic oxidation sites excluding steroid dienone is 4. The Morgan fingerprint density at radius 1 is 0.897 bits per heavy atom. The second-order valence-electron chi connectivity index (χ2n) is 12.6. The quantitative estimate of drug-likeness (QED) is 0.452. The largest absolute Gasteiger partial charge is 0.488 e. The molecule has 0 radical (unpaired) electrons. The minimum atomic E-state index is -1.11. The maximum atomic E-state index is 13.8. The predicted molar refractivity (Wildman–Crippen MR) is 149 cm³/mol. The first-order chi connectivity index (χ1) is 18.4. The fourth-order valence-corrected chi connectivity index (χ4v) is 6.52. The monoisotopic (exact) mass is 527 g/mol. The van der Waals surface area contributed by atoms with Gasteiger partial charge in [-0.3, -0.25) is 9.59 Å². The molecule has 6 heteroatoms. The third kappa shape index (κ3) is 5.05. The van der Waals surface area contributed by atoms with Crippen LogP contribution in [0.25, 0.3) is 0 Å². The molecule has 39 heavy (non-hydrogen) atoms. The van der Waals surface area contributed by atoms with E-state index in [4.69, 9.17) is 4.74 Å². The highest BCUT2D eigenvalue weighted by molar-refractivity contribution is 6.07. The van der Waals surface area contributed by atoms with E-state index in [9.17, 15) is 19.5 Å². The van der Waals surface area contributed by atoms with Gasteiger partial charge >= 0.3 is 5.97 Å². The molecule has 2 aromatic rings. The van der Waals surface area contributed by atoms with Crippen LogP contribution in [0.15, 0.2) is 71.1 Å². The maximum absolute atomic E-state index is 13.8. The highest BCUT2D eigenvalue weighted by Gasteiger charge is 2.48. The lowest BCUT2D eigenvalue weighted by molar-refractivity contribution is -0.119. The number of carboxylic acid groups (broad SMARTS) is 1. The van der Waals surface area contributed by atoms with Gasteiger partial charge in [-0.25, -0.2) is 4.79 Å². The fraction of sp³-hybridized carbons (Fsp3) is 0.424. The van der Waals surface area contributed by atoms with Gasteiger partial charge in [0.25, 0.3) is 0 Å². The summed E-state index contributed by atoms with van der Waals surface area (Å²) in [6.45, 7) is 11.4. The lowest BCUT2D eigenvalue weighted by Crippen LogP contribution is -2.44. The van der Waals surface area contributed by atoms with E-state index in [1.807, 2.05) is 36.4 Å². The van der Waals surface area contributed by atoms with Crippen molar-refractivity contribution in [2.75, 3.05) is 6.54 Å². The molecule has 0 bridgehead atoms. The Labute approximate surface area is 230 Å². The van der Waals surface area contributed by atoms with Gasteiger partial charge in [0.05, 0.1) is 0 Å². The van der Waals surface area contributed by atoms with Crippen molar-refractivity contribution >= 4 is 17.5 Å². The highest BCUT2D eigenvalue weighted by atomic mass is 16.5. The lowest BCUT2D eigenvalue weighted by Gasteiger charge is -2.49. The summed E-state index contributed by atoms with van der Waals surface area (Å²) in [5, 5.41) is 10.1. The Kier molecular flexibility index (Phi) is 6.78. The molecule has 2 aromatic carbocycles. The van der Waals surface area contributed by atoms with Gasteiger partial charge in [-0.2, -0.15) is 0 Å². The van der Waals surface area contributed by atoms with Crippen molar-refractivity contribution in [3.05, 3.63) is 87.8 Å². The molecule has 1 aliphatic heterocycles. The van der Waals surface area contributed by atoms with Gasteiger partial charge in [0.2, 0.25) is 0 Å².